The number of carbonyl (C=O) groups excluding carboxylic acids is 1. The Morgan fingerprint density at radius 3 is 1.58 bits per heavy atom. The van der Waals surface area contributed by atoms with E-state index in [-0.39, 0.29) is 19.2 Å². The summed E-state index contributed by atoms with van der Waals surface area (Å²) in [6.07, 6.45) is -0.954. The molecule has 0 rings (SSSR count). The maximum absolute atomic E-state index is 9.96. The zero-order chi connectivity index (χ0) is 9.98. The number of hydrogen-bond acceptors (Lipinski definition) is 4. The minimum Gasteiger partial charge on any atom is -0.394 e. The van der Waals surface area contributed by atoms with Crippen molar-refractivity contribution >= 4 is 6.03 Å². The van der Waals surface area contributed by atoms with Gasteiger partial charge in [0.1, 0.15) is 6.10 Å². The summed E-state index contributed by atoms with van der Waals surface area (Å²) in [4.78, 5) is 9.96. The third-order valence-electron chi connectivity index (χ3n) is 0.876. The molecule has 0 saturated carbocycles. The van der Waals surface area contributed by atoms with Crippen LogP contribution in [0.4, 0.5) is 4.79 Å². The Balaban J connectivity index is 0. The van der Waals surface area contributed by atoms with Crippen LogP contribution in [-0.4, -0.2) is 54.8 Å². The van der Waals surface area contributed by atoms with Gasteiger partial charge in [-0.05, 0) is 0 Å². The van der Waals surface area contributed by atoms with Crippen molar-refractivity contribution in [3.8, 4) is 0 Å². The first-order valence-corrected chi connectivity index (χ1v) is 3.41. The lowest BCUT2D eigenvalue weighted by atomic mass is 10.4. The van der Waals surface area contributed by atoms with Crippen LogP contribution < -0.4 is 10.6 Å². The summed E-state index contributed by atoms with van der Waals surface area (Å²) >= 11 is 0. The lowest BCUT2D eigenvalue weighted by Gasteiger charge is -1.96. The highest BCUT2D eigenvalue weighted by Crippen LogP contribution is 1.71. The minimum absolute atomic E-state index is 0.157. The zero-order valence-electron chi connectivity index (χ0n) is 7.24. The van der Waals surface area contributed by atoms with E-state index in [1.807, 2.05) is 0 Å². The highest BCUT2D eigenvalue weighted by molar-refractivity contribution is 5.72. The Hall–Kier alpha value is -0.850. The molecule has 6 heteroatoms. The van der Waals surface area contributed by atoms with Gasteiger partial charge in [0.25, 0.3) is 0 Å². The van der Waals surface area contributed by atoms with Crippen LogP contribution in [0, 0.1) is 0 Å². The summed E-state index contributed by atoms with van der Waals surface area (Å²) in [7, 11) is 3.14. The molecular weight excluding hydrogens is 164 g/mol. The van der Waals surface area contributed by atoms with Crippen molar-refractivity contribution in [2.75, 3.05) is 27.3 Å². The van der Waals surface area contributed by atoms with Gasteiger partial charge in [0.2, 0.25) is 0 Å². The Bertz CT molecular complexity index is 99.7. The van der Waals surface area contributed by atoms with Crippen LogP contribution in [0.2, 0.25) is 0 Å². The van der Waals surface area contributed by atoms with Gasteiger partial charge in [-0.1, -0.05) is 0 Å². The van der Waals surface area contributed by atoms with E-state index < -0.39 is 6.10 Å². The Kier molecular flexibility index (Phi) is 11.6. The molecule has 0 aliphatic rings. The number of aliphatic hydroxyl groups is 3. The lowest BCUT2D eigenvalue weighted by molar-refractivity contribution is 0.0450. The number of hydrogen-bond donors (Lipinski definition) is 5. The second-order valence-corrected chi connectivity index (χ2v) is 1.85. The van der Waals surface area contributed by atoms with Crippen molar-refractivity contribution in [1.29, 1.82) is 0 Å². The Morgan fingerprint density at radius 2 is 1.58 bits per heavy atom. The van der Waals surface area contributed by atoms with Crippen molar-refractivity contribution in [2.45, 2.75) is 6.10 Å². The van der Waals surface area contributed by atoms with Crippen LogP contribution in [0.3, 0.4) is 0 Å². The fourth-order valence-corrected chi connectivity index (χ4v) is 0.183. The molecular formula is C6H16N2O4. The first-order valence-electron chi connectivity index (χ1n) is 3.41. The van der Waals surface area contributed by atoms with Gasteiger partial charge in [-0.2, -0.15) is 0 Å². The SMILES string of the molecule is CNC(=O)NC.OCC(O)CO. The Labute approximate surface area is 71.2 Å². The fraction of sp³-hybridized carbons (Fsp3) is 0.833. The molecule has 0 fully saturated rings. The number of carbonyl (C=O) groups is 1. The monoisotopic (exact) mass is 180 g/mol. The summed E-state index contributed by atoms with van der Waals surface area (Å²) in [6, 6.07) is -0.157. The summed E-state index contributed by atoms with van der Waals surface area (Å²) in [5.74, 6) is 0. The lowest BCUT2D eigenvalue weighted by Crippen LogP contribution is -2.28. The number of rotatable bonds is 2. The number of amides is 2. The number of urea groups is 1. The summed E-state index contributed by atoms with van der Waals surface area (Å²) < 4.78 is 0. The Morgan fingerprint density at radius 1 is 1.25 bits per heavy atom. The predicted molar refractivity (Wildman–Crippen MR) is 43.7 cm³/mol. The summed E-state index contributed by atoms with van der Waals surface area (Å²) in [6.45, 7) is -0.729. The smallest absolute Gasteiger partial charge is 0.314 e. The molecule has 0 saturated heterocycles. The molecule has 5 N–H and O–H groups in total. The van der Waals surface area contributed by atoms with Crippen molar-refractivity contribution in [1.82, 2.24) is 10.6 Å². The van der Waals surface area contributed by atoms with Gasteiger partial charge in [0, 0.05) is 14.1 Å². The maximum atomic E-state index is 9.96. The zero-order valence-corrected chi connectivity index (χ0v) is 7.24. The van der Waals surface area contributed by atoms with E-state index in [1.165, 1.54) is 0 Å². The van der Waals surface area contributed by atoms with Gasteiger partial charge >= 0.3 is 6.03 Å². The van der Waals surface area contributed by atoms with Gasteiger partial charge < -0.3 is 26.0 Å². The molecule has 12 heavy (non-hydrogen) atoms. The molecule has 0 atom stereocenters. The van der Waals surface area contributed by atoms with Crippen LogP contribution in [0.15, 0.2) is 0 Å². The molecule has 0 heterocycles. The normalized spacial score (nSPS) is 8.50. The quantitative estimate of drug-likeness (QED) is 0.335. The van der Waals surface area contributed by atoms with Crippen molar-refractivity contribution in [3.05, 3.63) is 0 Å². The third kappa shape index (κ3) is 11.9. The second kappa shape index (κ2) is 10.2. The molecule has 0 spiro atoms. The van der Waals surface area contributed by atoms with Crippen LogP contribution in [0.1, 0.15) is 0 Å². The van der Waals surface area contributed by atoms with E-state index in [0.29, 0.717) is 0 Å². The molecule has 0 radical (unpaired) electrons. The van der Waals surface area contributed by atoms with Crippen LogP contribution in [0.5, 0.6) is 0 Å². The van der Waals surface area contributed by atoms with Crippen LogP contribution in [0.25, 0.3) is 0 Å². The molecule has 0 bridgehead atoms. The fourth-order valence-electron chi connectivity index (χ4n) is 0.183. The maximum Gasteiger partial charge on any atom is 0.314 e. The molecule has 2 amide bonds. The van der Waals surface area contributed by atoms with E-state index >= 15 is 0 Å². The molecule has 6 nitrogen and oxygen atoms in total. The van der Waals surface area contributed by atoms with Gasteiger partial charge in [0.15, 0.2) is 0 Å². The molecule has 0 aromatic carbocycles. The molecule has 0 aromatic heterocycles. The average molecular weight is 180 g/mol. The largest absolute Gasteiger partial charge is 0.394 e. The number of aliphatic hydroxyl groups excluding tert-OH is 3. The standard InChI is InChI=1S/C3H8N2O.C3H8O3/c1-4-3(6)5-2;4-1-3(6)2-5/h1-2H3,(H2,4,5,6);3-6H,1-2H2. The van der Waals surface area contributed by atoms with Gasteiger partial charge in [-0.15, -0.1) is 0 Å². The number of nitrogens with one attached hydrogen (secondary N) is 2. The van der Waals surface area contributed by atoms with E-state index in [9.17, 15) is 4.79 Å². The highest BCUT2D eigenvalue weighted by Gasteiger charge is 1.93. The third-order valence-corrected chi connectivity index (χ3v) is 0.876. The summed E-state index contributed by atoms with van der Waals surface area (Å²) in [5, 5.41) is 28.7. The first-order chi connectivity index (χ1) is 5.62. The van der Waals surface area contributed by atoms with Gasteiger partial charge in [-0.3, -0.25) is 0 Å². The minimum atomic E-state index is -0.954. The molecule has 0 aliphatic heterocycles. The van der Waals surface area contributed by atoms with Crippen molar-refractivity contribution in [3.63, 3.8) is 0 Å². The average Bonchev–Trinajstić information content (AvgIpc) is 2.16. The molecule has 0 unspecified atom stereocenters. The highest BCUT2D eigenvalue weighted by atomic mass is 16.3. The molecule has 74 valence electrons. The van der Waals surface area contributed by atoms with Gasteiger partial charge in [0.05, 0.1) is 13.2 Å². The van der Waals surface area contributed by atoms with E-state index in [1.54, 1.807) is 14.1 Å². The predicted octanol–water partition coefficient (Wildman–Crippen LogP) is -2.12. The van der Waals surface area contributed by atoms with Crippen molar-refractivity contribution in [2.24, 2.45) is 0 Å². The van der Waals surface area contributed by atoms with Crippen molar-refractivity contribution < 1.29 is 20.1 Å². The van der Waals surface area contributed by atoms with E-state index in [4.69, 9.17) is 15.3 Å². The van der Waals surface area contributed by atoms with Crippen LogP contribution >= 0.6 is 0 Å². The second-order valence-electron chi connectivity index (χ2n) is 1.85. The van der Waals surface area contributed by atoms with E-state index in [2.05, 4.69) is 10.6 Å². The molecule has 0 aliphatic carbocycles. The van der Waals surface area contributed by atoms with Gasteiger partial charge in [-0.25, -0.2) is 4.79 Å². The topological polar surface area (TPSA) is 102 Å². The molecule has 0 aromatic rings. The summed E-state index contributed by atoms with van der Waals surface area (Å²) in [5.41, 5.74) is 0. The first kappa shape index (κ1) is 13.7. The van der Waals surface area contributed by atoms with E-state index in [0.717, 1.165) is 0 Å². The van der Waals surface area contributed by atoms with Crippen LogP contribution in [-0.2, 0) is 0 Å².